The Kier molecular flexibility index (Phi) is 2.72. The normalized spacial score (nSPS) is 12.6. The molecule has 0 spiro atoms. The number of hydrogen-bond acceptors (Lipinski definition) is 5. The highest BCUT2D eigenvalue weighted by molar-refractivity contribution is 7.74. The van der Waals surface area contributed by atoms with Gasteiger partial charge in [-0.15, -0.1) is 0 Å². The highest BCUT2D eigenvalue weighted by Gasteiger charge is 1.99. The number of aryl methyl sites for hydroxylation is 2. The summed E-state index contributed by atoms with van der Waals surface area (Å²) in [6.45, 7) is 3.46. The summed E-state index contributed by atoms with van der Waals surface area (Å²) < 4.78 is 24.4. The molecule has 0 amide bonds. The molecule has 0 aromatic carbocycles. The monoisotopic (exact) mass is 187 g/mol. The van der Waals surface area contributed by atoms with Crippen molar-refractivity contribution in [3.63, 3.8) is 0 Å². The Morgan fingerprint density at radius 1 is 1.42 bits per heavy atom. The van der Waals surface area contributed by atoms with Gasteiger partial charge in [-0.1, -0.05) is 0 Å². The Balaban J connectivity index is 2.93. The lowest BCUT2D eigenvalue weighted by Crippen LogP contribution is -2.03. The van der Waals surface area contributed by atoms with Gasteiger partial charge in [0, 0.05) is 11.4 Å². The van der Waals surface area contributed by atoms with E-state index in [9.17, 15) is 8.76 Å². The molecule has 1 atom stereocenters. The van der Waals surface area contributed by atoms with Crippen LogP contribution in [0, 0.1) is 13.8 Å². The zero-order chi connectivity index (χ0) is 9.14. The molecule has 0 aliphatic heterocycles. The quantitative estimate of drug-likeness (QED) is 0.621. The molecule has 12 heavy (non-hydrogen) atoms. The van der Waals surface area contributed by atoms with E-state index in [4.69, 9.17) is 0 Å². The topological polar surface area (TPSA) is 75.1 Å². The van der Waals surface area contributed by atoms with Crippen LogP contribution in [0.2, 0.25) is 0 Å². The minimum atomic E-state index is -2.61. The van der Waals surface area contributed by atoms with Crippen LogP contribution in [0.25, 0.3) is 0 Å². The molecule has 6 heteroatoms. The lowest BCUT2D eigenvalue weighted by Gasteiger charge is -2.05. The van der Waals surface area contributed by atoms with Crippen LogP contribution in [0.5, 0.6) is 6.01 Å². The number of rotatable bonds is 2. The predicted molar refractivity (Wildman–Crippen MR) is 41.1 cm³/mol. The maximum absolute atomic E-state index is 10.1. The van der Waals surface area contributed by atoms with Crippen molar-refractivity contribution in [3.05, 3.63) is 17.5 Å². The molecule has 0 N–H and O–H groups in total. The van der Waals surface area contributed by atoms with E-state index in [0.29, 0.717) is 11.4 Å². The Labute approximate surface area is 72.3 Å². The third-order valence-electron chi connectivity index (χ3n) is 1.10. The number of nitrogens with zero attached hydrogens (tertiary/aromatic N) is 2. The number of aromatic nitrogens is 2. The van der Waals surface area contributed by atoms with E-state index < -0.39 is 11.4 Å². The molecule has 0 radical (unpaired) electrons. The van der Waals surface area contributed by atoms with Crippen molar-refractivity contribution in [1.82, 2.24) is 9.97 Å². The second kappa shape index (κ2) is 3.59. The van der Waals surface area contributed by atoms with Gasteiger partial charge in [0.15, 0.2) is 0 Å². The summed E-state index contributed by atoms with van der Waals surface area (Å²) in [6.07, 6.45) is 0. The predicted octanol–water partition coefficient (Wildman–Crippen LogP) is 0.266. The van der Waals surface area contributed by atoms with Crippen LogP contribution in [0.3, 0.4) is 0 Å². The minimum absolute atomic E-state index is 0.138. The molecular formula is C6H7N2O3S-. The van der Waals surface area contributed by atoms with Crippen molar-refractivity contribution in [2.75, 3.05) is 0 Å². The molecule has 0 bridgehead atoms. The van der Waals surface area contributed by atoms with Gasteiger partial charge < -0.3 is 8.74 Å². The Morgan fingerprint density at radius 2 is 1.92 bits per heavy atom. The average molecular weight is 187 g/mol. The van der Waals surface area contributed by atoms with Gasteiger partial charge >= 0.3 is 6.01 Å². The fourth-order valence-electron chi connectivity index (χ4n) is 0.792. The molecule has 1 unspecified atom stereocenters. The molecule has 0 saturated carbocycles. The van der Waals surface area contributed by atoms with Gasteiger partial charge in [-0.3, -0.25) is 0 Å². The Morgan fingerprint density at radius 3 is 2.33 bits per heavy atom. The average Bonchev–Trinajstić information content (AvgIpc) is 1.81. The molecule has 1 aromatic heterocycles. The van der Waals surface area contributed by atoms with Crippen molar-refractivity contribution < 1.29 is 12.9 Å². The van der Waals surface area contributed by atoms with Crippen molar-refractivity contribution in [3.8, 4) is 6.01 Å². The molecule has 0 saturated heterocycles. The first-order valence-corrected chi connectivity index (χ1v) is 4.18. The van der Waals surface area contributed by atoms with Gasteiger partial charge in [-0.2, -0.15) is 9.97 Å². The molecule has 5 nitrogen and oxygen atoms in total. The first kappa shape index (κ1) is 9.08. The van der Waals surface area contributed by atoms with Crippen molar-refractivity contribution in [1.29, 1.82) is 0 Å². The van der Waals surface area contributed by atoms with Crippen LogP contribution in [-0.4, -0.2) is 18.7 Å². The van der Waals surface area contributed by atoms with E-state index in [-0.39, 0.29) is 6.01 Å². The summed E-state index contributed by atoms with van der Waals surface area (Å²) in [4.78, 5) is 7.50. The van der Waals surface area contributed by atoms with Gasteiger partial charge in [0.2, 0.25) is 0 Å². The van der Waals surface area contributed by atoms with Gasteiger partial charge in [0.25, 0.3) is 0 Å². The summed E-state index contributed by atoms with van der Waals surface area (Å²) in [6, 6.07) is 1.58. The van der Waals surface area contributed by atoms with Crippen LogP contribution >= 0.6 is 0 Å². The molecule has 0 aliphatic rings. The minimum Gasteiger partial charge on any atom is -0.740 e. The summed E-state index contributed by atoms with van der Waals surface area (Å²) in [5, 5.41) is 0. The van der Waals surface area contributed by atoms with E-state index in [2.05, 4.69) is 14.2 Å². The summed E-state index contributed by atoms with van der Waals surface area (Å²) in [5.74, 6) is 0. The maximum atomic E-state index is 10.1. The molecule has 1 heterocycles. The Bertz CT molecular complexity index is 295. The van der Waals surface area contributed by atoms with Crippen LogP contribution < -0.4 is 4.18 Å². The van der Waals surface area contributed by atoms with Gasteiger partial charge in [0.05, 0.1) is 0 Å². The Hall–Kier alpha value is -1.01. The largest absolute Gasteiger partial charge is 0.740 e. The molecule has 1 rings (SSSR count). The van der Waals surface area contributed by atoms with E-state index in [1.807, 2.05) is 0 Å². The van der Waals surface area contributed by atoms with Gasteiger partial charge in [0.1, 0.15) is 11.4 Å². The SMILES string of the molecule is Cc1cc(C)nc(OS(=O)[O-])n1. The van der Waals surface area contributed by atoms with E-state index in [1.54, 1.807) is 19.9 Å². The highest BCUT2D eigenvalue weighted by Crippen LogP contribution is 2.06. The van der Waals surface area contributed by atoms with Crippen LogP contribution in [0.1, 0.15) is 11.4 Å². The van der Waals surface area contributed by atoms with Crippen molar-refractivity contribution in [2.24, 2.45) is 0 Å². The lowest BCUT2D eigenvalue weighted by atomic mass is 10.4. The van der Waals surface area contributed by atoms with Gasteiger partial charge in [-0.25, -0.2) is 4.21 Å². The fourth-order valence-corrected chi connectivity index (χ4v) is 0.988. The van der Waals surface area contributed by atoms with Crippen LogP contribution in [0.15, 0.2) is 6.07 Å². The smallest absolute Gasteiger partial charge is 0.330 e. The molecule has 66 valence electrons. The maximum Gasteiger partial charge on any atom is 0.330 e. The summed E-state index contributed by atoms with van der Waals surface area (Å²) in [7, 11) is 0. The molecule has 0 aliphatic carbocycles. The number of hydrogen-bond donors (Lipinski definition) is 0. The second-order valence-electron chi connectivity index (χ2n) is 2.22. The summed E-state index contributed by atoms with van der Waals surface area (Å²) in [5.41, 5.74) is 1.34. The van der Waals surface area contributed by atoms with E-state index >= 15 is 0 Å². The fraction of sp³-hybridized carbons (Fsp3) is 0.333. The standard InChI is InChI=1S/C6H8N2O3S/c1-4-3-5(2)8-6(7-4)11-12(9)10/h3H,1-2H3,(H,9,10)/p-1. The second-order valence-corrected chi connectivity index (χ2v) is 2.80. The zero-order valence-corrected chi connectivity index (χ0v) is 7.42. The van der Waals surface area contributed by atoms with Crippen molar-refractivity contribution >= 4 is 11.4 Å². The van der Waals surface area contributed by atoms with E-state index in [1.165, 1.54) is 0 Å². The first-order valence-electron chi connectivity index (χ1n) is 3.18. The summed E-state index contributed by atoms with van der Waals surface area (Å²) >= 11 is -2.61. The van der Waals surface area contributed by atoms with Gasteiger partial charge in [-0.05, 0) is 19.9 Å². The van der Waals surface area contributed by atoms with Crippen LogP contribution in [0.4, 0.5) is 0 Å². The molecule has 0 fully saturated rings. The third kappa shape index (κ3) is 2.55. The van der Waals surface area contributed by atoms with Crippen molar-refractivity contribution in [2.45, 2.75) is 13.8 Å². The zero-order valence-electron chi connectivity index (χ0n) is 6.60. The highest BCUT2D eigenvalue weighted by atomic mass is 32.2. The van der Waals surface area contributed by atoms with Crippen LogP contribution in [-0.2, 0) is 11.4 Å². The molecular weight excluding hydrogens is 180 g/mol. The first-order chi connectivity index (χ1) is 5.58. The lowest BCUT2D eigenvalue weighted by molar-refractivity contribution is 0.423. The molecule has 1 aromatic rings. The van der Waals surface area contributed by atoms with E-state index in [0.717, 1.165) is 0 Å². The third-order valence-corrected chi connectivity index (χ3v) is 1.39.